The third-order valence-electron chi connectivity index (χ3n) is 4.36. The topological polar surface area (TPSA) is 85.2 Å². The Balaban J connectivity index is 1.74. The molecule has 2 aromatic carbocycles. The Bertz CT molecular complexity index is 1210. The Morgan fingerprint density at radius 3 is 2.59 bits per heavy atom. The van der Waals surface area contributed by atoms with Crippen LogP contribution < -0.4 is 4.74 Å². The molecular weight excluding hydrogens is 373 g/mol. The van der Waals surface area contributed by atoms with Gasteiger partial charge in [-0.15, -0.1) is 0 Å². The Morgan fingerprint density at radius 1 is 1.07 bits per heavy atom. The van der Waals surface area contributed by atoms with Crippen LogP contribution in [0.4, 0.5) is 4.39 Å². The fraction of sp³-hybridized carbons (Fsp3) is 0.0909. The Kier molecular flexibility index (Phi) is 4.87. The summed E-state index contributed by atoms with van der Waals surface area (Å²) in [4.78, 5) is 24.7. The molecule has 0 radical (unpaired) electrons. The van der Waals surface area contributed by atoms with Gasteiger partial charge in [0.2, 0.25) is 0 Å². The van der Waals surface area contributed by atoms with Gasteiger partial charge < -0.3 is 9.84 Å². The number of hydrogen-bond donors (Lipinski definition) is 1. The number of carbonyl (C=O) groups is 1. The number of carboxylic acids is 1. The third kappa shape index (κ3) is 3.75. The van der Waals surface area contributed by atoms with E-state index in [9.17, 15) is 14.3 Å². The van der Waals surface area contributed by atoms with E-state index in [4.69, 9.17) is 4.74 Å². The predicted octanol–water partition coefficient (Wildman–Crippen LogP) is 4.59. The summed E-state index contributed by atoms with van der Waals surface area (Å²) in [5, 5.41) is 9.73. The lowest BCUT2D eigenvalue weighted by Gasteiger charge is -2.08. The summed E-state index contributed by atoms with van der Waals surface area (Å²) in [6.07, 6.45) is 3.29. The van der Waals surface area contributed by atoms with Crippen molar-refractivity contribution < 1.29 is 19.0 Å². The lowest BCUT2D eigenvalue weighted by molar-refractivity contribution is 0.0699. The summed E-state index contributed by atoms with van der Waals surface area (Å²) < 4.78 is 19.0. The maximum Gasteiger partial charge on any atom is 0.336 e. The second-order valence-electron chi connectivity index (χ2n) is 6.28. The maximum atomic E-state index is 13.5. The first-order chi connectivity index (χ1) is 14.0. The molecule has 29 heavy (non-hydrogen) atoms. The molecule has 0 aliphatic carbocycles. The van der Waals surface area contributed by atoms with Gasteiger partial charge in [-0.1, -0.05) is 12.1 Å². The molecule has 6 nitrogen and oxygen atoms in total. The van der Waals surface area contributed by atoms with Crippen molar-refractivity contribution in [2.24, 2.45) is 0 Å². The van der Waals surface area contributed by atoms with Crippen molar-refractivity contribution >= 4 is 16.9 Å². The van der Waals surface area contributed by atoms with E-state index < -0.39 is 11.8 Å². The van der Waals surface area contributed by atoms with Gasteiger partial charge in [0.05, 0.1) is 17.7 Å². The van der Waals surface area contributed by atoms with Gasteiger partial charge >= 0.3 is 5.97 Å². The van der Waals surface area contributed by atoms with Gasteiger partial charge in [-0.05, 0) is 48.9 Å². The van der Waals surface area contributed by atoms with E-state index in [1.165, 1.54) is 18.2 Å². The molecular formula is C22H16FN3O3. The van der Waals surface area contributed by atoms with Crippen molar-refractivity contribution in [3.8, 4) is 28.4 Å². The van der Waals surface area contributed by atoms with E-state index in [1.54, 1.807) is 12.4 Å². The highest BCUT2D eigenvalue weighted by atomic mass is 19.1. The molecule has 4 aromatic rings. The standard InChI is InChI=1S/C22H16FN3O3/c1-2-29-16-5-3-4-13(8-16)14-11-24-21(25-12-14)20-10-18(22(27)28)17-9-15(23)6-7-19(17)26-20/h3-12H,2H2,1H3,(H,27,28). The van der Waals surface area contributed by atoms with Crippen LogP contribution in [0.3, 0.4) is 0 Å². The van der Waals surface area contributed by atoms with Crippen LogP contribution >= 0.6 is 0 Å². The first-order valence-electron chi connectivity index (χ1n) is 8.94. The number of nitrogens with zero attached hydrogens (tertiary/aromatic N) is 3. The molecule has 1 N–H and O–H groups in total. The molecule has 0 fully saturated rings. The molecule has 2 heterocycles. The smallest absolute Gasteiger partial charge is 0.336 e. The van der Waals surface area contributed by atoms with Crippen LogP contribution in [0.25, 0.3) is 33.5 Å². The number of rotatable bonds is 5. The van der Waals surface area contributed by atoms with Crippen molar-refractivity contribution in [1.29, 1.82) is 0 Å². The van der Waals surface area contributed by atoms with E-state index in [0.29, 0.717) is 17.8 Å². The molecule has 0 bridgehead atoms. The first-order valence-corrected chi connectivity index (χ1v) is 8.94. The molecule has 7 heteroatoms. The van der Waals surface area contributed by atoms with E-state index in [0.717, 1.165) is 22.9 Å². The summed E-state index contributed by atoms with van der Waals surface area (Å²) in [7, 11) is 0. The van der Waals surface area contributed by atoms with Crippen LogP contribution in [0.2, 0.25) is 0 Å². The van der Waals surface area contributed by atoms with Crippen molar-refractivity contribution in [3.63, 3.8) is 0 Å². The highest BCUT2D eigenvalue weighted by molar-refractivity contribution is 6.03. The number of pyridine rings is 1. The zero-order valence-corrected chi connectivity index (χ0v) is 15.5. The van der Waals surface area contributed by atoms with E-state index >= 15 is 0 Å². The summed E-state index contributed by atoms with van der Waals surface area (Å²) in [6, 6.07) is 12.8. The van der Waals surface area contributed by atoms with Crippen molar-refractivity contribution in [1.82, 2.24) is 15.0 Å². The highest BCUT2D eigenvalue weighted by Gasteiger charge is 2.15. The van der Waals surface area contributed by atoms with Crippen molar-refractivity contribution in [3.05, 3.63) is 72.3 Å². The second kappa shape index (κ2) is 7.63. The molecule has 0 aliphatic rings. The van der Waals surface area contributed by atoms with Crippen molar-refractivity contribution in [2.75, 3.05) is 6.61 Å². The van der Waals surface area contributed by atoms with Crippen LogP contribution in [0.1, 0.15) is 17.3 Å². The van der Waals surface area contributed by atoms with Gasteiger partial charge in [-0.2, -0.15) is 0 Å². The number of aromatic carboxylic acids is 1. The molecule has 0 unspecified atom stereocenters. The summed E-state index contributed by atoms with van der Waals surface area (Å²) >= 11 is 0. The molecule has 2 aromatic heterocycles. The number of halogens is 1. The number of fused-ring (bicyclic) bond motifs is 1. The highest BCUT2D eigenvalue weighted by Crippen LogP contribution is 2.26. The third-order valence-corrected chi connectivity index (χ3v) is 4.36. The molecule has 0 spiro atoms. The number of benzene rings is 2. The quantitative estimate of drug-likeness (QED) is 0.537. The fourth-order valence-electron chi connectivity index (χ4n) is 3.03. The average molecular weight is 389 g/mol. The minimum Gasteiger partial charge on any atom is -0.494 e. The fourth-order valence-corrected chi connectivity index (χ4v) is 3.03. The van der Waals surface area contributed by atoms with Gasteiger partial charge in [0.15, 0.2) is 5.82 Å². The SMILES string of the molecule is CCOc1cccc(-c2cnc(-c3cc(C(=O)O)c4cc(F)ccc4n3)nc2)c1. The Hall–Kier alpha value is -3.87. The van der Waals surface area contributed by atoms with Gasteiger partial charge in [0.25, 0.3) is 0 Å². The molecule has 0 aliphatic heterocycles. The summed E-state index contributed by atoms with van der Waals surface area (Å²) in [5.74, 6) is -0.662. The first kappa shape index (κ1) is 18.5. The average Bonchev–Trinajstić information content (AvgIpc) is 2.73. The lowest BCUT2D eigenvalue weighted by atomic mass is 10.1. The number of ether oxygens (including phenoxy) is 1. The molecule has 0 saturated heterocycles. The summed E-state index contributed by atoms with van der Waals surface area (Å²) in [5.41, 5.74) is 2.29. The van der Waals surface area contributed by atoms with Gasteiger partial charge in [0.1, 0.15) is 17.3 Å². The minimum absolute atomic E-state index is 0.0541. The number of aromatic nitrogens is 3. The predicted molar refractivity (Wildman–Crippen MR) is 106 cm³/mol. The largest absolute Gasteiger partial charge is 0.494 e. The molecule has 0 atom stereocenters. The van der Waals surface area contributed by atoms with Gasteiger partial charge in [-0.3, -0.25) is 0 Å². The minimum atomic E-state index is -1.17. The van der Waals surface area contributed by atoms with Crippen LogP contribution in [0.5, 0.6) is 5.75 Å². The zero-order chi connectivity index (χ0) is 20.4. The van der Waals surface area contributed by atoms with E-state index in [2.05, 4.69) is 15.0 Å². The van der Waals surface area contributed by atoms with Gasteiger partial charge in [0, 0.05) is 23.3 Å². The number of carboxylic acid groups (broad SMARTS) is 1. The molecule has 0 saturated carbocycles. The van der Waals surface area contributed by atoms with E-state index in [1.807, 2.05) is 31.2 Å². The van der Waals surface area contributed by atoms with Crippen LogP contribution in [0.15, 0.2) is 60.9 Å². The van der Waals surface area contributed by atoms with Crippen LogP contribution in [-0.2, 0) is 0 Å². The maximum absolute atomic E-state index is 13.5. The van der Waals surface area contributed by atoms with Crippen LogP contribution in [0, 0.1) is 5.82 Å². The second-order valence-corrected chi connectivity index (χ2v) is 6.28. The van der Waals surface area contributed by atoms with E-state index in [-0.39, 0.29) is 16.8 Å². The Labute approximate surface area is 165 Å². The normalized spacial score (nSPS) is 10.8. The monoisotopic (exact) mass is 389 g/mol. The van der Waals surface area contributed by atoms with Crippen molar-refractivity contribution in [2.45, 2.75) is 6.92 Å². The molecule has 4 rings (SSSR count). The zero-order valence-electron chi connectivity index (χ0n) is 15.5. The summed E-state index contributed by atoms with van der Waals surface area (Å²) in [6.45, 7) is 2.49. The lowest BCUT2D eigenvalue weighted by Crippen LogP contribution is -2.02. The molecule has 0 amide bonds. The number of hydrogen-bond acceptors (Lipinski definition) is 5. The van der Waals surface area contributed by atoms with Gasteiger partial charge in [-0.25, -0.2) is 24.1 Å². The molecule has 144 valence electrons. The van der Waals surface area contributed by atoms with Crippen LogP contribution in [-0.4, -0.2) is 32.6 Å². The Morgan fingerprint density at radius 2 is 1.86 bits per heavy atom.